The fraction of sp³-hybridized carbons (Fsp3) is 0.391. The standard InChI is InChI=1S/C23H26ClFN2O3/c1-11-8-12(9-15(25)16(11)20(26)29)27-21(30)13-10-14-17(18(24)19(13)28)23(4,5)7-6-22(14,2)3/h8-10,28H,6-7H2,1-5H3,(H2,26,29)(H,27,30). The van der Waals surface area contributed by atoms with E-state index in [-0.39, 0.29) is 38.4 Å². The SMILES string of the molecule is Cc1cc(NC(=O)c2cc3c(c(Cl)c2O)C(C)(C)CCC3(C)C)cc(F)c1C(N)=O. The molecule has 0 unspecified atom stereocenters. The largest absolute Gasteiger partial charge is 0.506 e. The minimum Gasteiger partial charge on any atom is -0.506 e. The van der Waals surface area contributed by atoms with E-state index in [0.29, 0.717) is 5.56 Å². The Bertz CT molecular complexity index is 1050. The minimum absolute atomic E-state index is 0.0153. The quantitative estimate of drug-likeness (QED) is 0.622. The van der Waals surface area contributed by atoms with Gasteiger partial charge < -0.3 is 16.2 Å². The Labute approximate surface area is 180 Å². The van der Waals surface area contributed by atoms with Gasteiger partial charge in [-0.2, -0.15) is 0 Å². The van der Waals surface area contributed by atoms with Crippen molar-refractivity contribution in [2.75, 3.05) is 5.32 Å². The number of rotatable bonds is 3. The van der Waals surface area contributed by atoms with Crippen LogP contribution in [-0.4, -0.2) is 16.9 Å². The summed E-state index contributed by atoms with van der Waals surface area (Å²) < 4.78 is 14.2. The van der Waals surface area contributed by atoms with Crippen LogP contribution < -0.4 is 11.1 Å². The molecule has 0 saturated heterocycles. The number of halogens is 2. The molecule has 0 bridgehead atoms. The monoisotopic (exact) mass is 432 g/mol. The number of aryl methyl sites for hydroxylation is 1. The van der Waals surface area contributed by atoms with Crippen molar-refractivity contribution in [3.8, 4) is 5.75 Å². The van der Waals surface area contributed by atoms with Gasteiger partial charge in [0.25, 0.3) is 11.8 Å². The molecule has 0 spiro atoms. The summed E-state index contributed by atoms with van der Waals surface area (Å²) in [6.45, 7) is 9.82. The van der Waals surface area contributed by atoms with Crippen LogP contribution in [0.15, 0.2) is 18.2 Å². The number of aromatic hydroxyl groups is 1. The first-order valence-corrected chi connectivity index (χ1v) is 10.1. The maximum atomic E-state index is 14.2. The number of phenolic OH excluding ortho intramolecular Hbond substituents is 1. The Morgan fingerprint density at radius 1 is 1.13 bits per heavy atom. The van der Waals surface area contributed by atoms with Crippen LogP contribution in [0.1, 0.15) is 77.9 Å². The Morgan fingerprint density at radius 3 is 2.30 bits per heavy atom. The summed E-state index contributed by atoms with van der Waals surface area (Å²) in [6, 6.07) is 4.15. The molecule has 1 aliphatic carbocycles. The molecule has 0 atom stereocenters. The average Bonchev–Trinajstić information content (AvgIpc) is 2.60. The lowest BCUT2D eigenvalue weighted by Crippen LogP contribution is -2.34. The molecule has 160 valence electrons. The molecule has 2 amide bonds. The molecule has 0 fully saturated rings. The lowest BCUT2D eigenvalue weighted by Gasteiger charge is -2.42. The lowest BCUT2D eigenvalue weighted by molar-refractivity contribution is 0.0994. The van der Waals surface area contributed by atoms with E-state index < -0.39 is 17.6 Å². The Balaban J connectivity index is 2.06. The average molecular weight is 433 g/mol. The highest BCUT2D eigenvalue weighted by Gasteiger charge is 2.40. The molecular weight excluding hydrogens is 407 g/mol. The van der Waals surface area contributed by atoms with Crippen LogP contribution in [0.5, 0.6) is 5.75 Å². The fourth-order valence-corrected chi connectivity index (χ4v) is 4.68. The van der Waals surface area contributed by atoms with E-state index in [2.05, 4.69) is 33.0 Å². The number of carbonyl (C=O) groups excluding carboxylic acids is 2. The summed E-state index contributed by atoms with van der Waals surface area (Å²) in [4.78, 5) is 24.3. The number of primary amides is 1. The maximum absolute atomic E-state index is 14.2. The number of phenols is 1. The second-order valence-corrected chi connectivity index (χ2v) is 9.62. The number of anilines is 1. The van der Waals surface area contributed by atoms with Crippen LogP contribution in [-0.2, 0) is 10.8 Å². The van der Waals surface area contributed by atoms with Gasteiger partial charge >= 0.3 is 0 Å². The Morgan fingerprint density at radius 2 is 1.73 bits per heavy atom. The molecule has 0 heterocycles. The van der Waals surface area contributed by atoms with Gasteiger partial charge in [0.1, 0.15) is 11.6 Å². The summed E-state index contributed by atoms with van der Waals surface area (Å²) >= 11 is 6.54. The minimum atomic E-state index is -0.883. The predicted octanol–water partition coefficient (Wildman–Crippen LogP) is 5.19. The summed E-state index contributed by atoms with van der Waals surface area (Å²) in [5, 5.41) is 13.5. The summed E-state index contributed by atoms with van der Waals surface area (Å²) in [7, 11) is 0. The van der Waals surface area contributed by atoms with Crippen molar-refractivity contribution in [1.82, 2.24) is 0 Å². The zero-order chi connectivity index (χ0) is 22.6. The fourth-order valence-electron chi connectivity index (χ4n) is 4.22. The number of nitrogens with two attached hydrogens (primary N) is 1. The Hall–Kier alpha value is -2.60. The van der Waals surface area contributed by atoms with Crippen molar-refractivity contribution in [2.45, 2.75) is 58.3 Å². The molecular formula is C23H26ClFN2O3. The molecule has 2 aromatic carbocycles. The number of fused-ring (bicyclic) bond motifs is 1. The van der Waals surface area contributed by atoms with Crippen molar-refractivity contribution >= 4 is 29.1 Å². The van der Waals surface area contributed by atoms with Gasteiger partial charge in [0.2, 0.25) is 0 Å². The van der Waals surface area contributed by atoms with Gasteiger partial charge in [-0.25, -0.2) is 4.39 Å². The van der Waals surface area contributed by atoms with Crippen LogP contribution in [0.4, 0.5) is 10.1 Å². The van der Waals surface area contributed by atoms with E-state index in [4.69, 9.17) is 17.3 Å². The highest BCUT2D eigenvalue weighted by atomic mass is 35.5. The molecule has 1 aliphatic rings. The molecule has 5 nitrogen and oxygen atoms in total. The first-order chi connectivity index (χ1) is 13.8. The van der Waals surface area contributed by atoms with E-state index in [1.807, 2.05) is 0 Å². The topological polar surface area (TPSA) is 92.4 Å². The number of hydrogen-bond acceptors (Lipinski definition) is 3. The van der Waals surface area contributed by atoms with Gasteiger partial charge in [0.15, 0.2) is 0 Å². The van der Waals surface area contributed by atoms with Crippen molar-refractivity contribution in [3.05, 3.63) is 56.9 Å². The van der Waals surface area contributed by atoms with Crippen molar-refractivity contribution in [1.29, 1.82) is 0 Å². The van der Waals surface area contributed by atoms with Gasteiger partial charge in [0, 0.05) is 5.69 Å². The first-order valence-electron chi connectivity index (χ1n) is 9.74. The highest BCUT2D eigenvalue weighted by Crippen LogP contribution is 2.51. The molecule has 0 aliphatic heterocycles. The summed E-state index contributed by atoms with van der Waals surface area (Å²) in [5.74, 6) is -2.63. The van der Waals surface area contributed by atoms with Gasteiger partial charge in [0.05, 0.1) is 16.1 Å². The third-order valence-electron chi connectivity index (χ3n) is 6.06. The first kappa shape index (κ1) is 22.1. The molecule has 7 heteroatoms. The molecule has 3 rings (SSSR count). The number of benzene rings is 2. The molecule has 2 aromatic rings. The molecule has 0 aromatic heterocycles. The van der Waals surface area contributed by atoms with E-state index >= 15 is 0 Å². The zero-order valence-electron chi connectivity index (χ0n) is 17.7. The van der Waals surface area contributed by atoms with Crippen molar-refractivity contribution in [2.24, 2.45) is 5.73 Å². The smallest absolute Gasteiger partial charge is 0.259 e. The number of carbonyl (C=O) groups is 2. The molecule has 4 N–H and O–H groups in total. The number of nitrogens with one attached hydrogen (secondary N) is 1. The lowest BCUT2D eigenvalue weighted by atomic mass is 9.63. The molecule has 0 radical (unpaired) electrons. The van der Waals surface area contributed by atoms with Crippen molar-refractivity contribution < 1.29 is 19.1 Å². The van der Waals surface area contributed by atoms with Gasteiger partial charge in [-0.05, 0) is 65.5 Å². The van der Waals surface area contributed by atoms with Crippen LogP contribution in [0.3, 0.4) is 0 Å². The predicted molar refractivity (Wildman–Crippen MR) is 116 cm³/mol. The van der Waals surface area contributed by atoms with Crippen LogP contribution in [0, 0.1) is 12.7 Å². The zero-order valence-corrected chi connectivity index (χ0v) is 18.5. The summed E-state index contributed by atoms with van der Waals surface area (Å²) in [5.41, 5.74) is 6.74. The van der Waals surface area contributed by atoms with Crippen molar-refractivity contribution in [3.63, 3.8) is 0 Å². The van der Waals surface area contributed by atoms with Crippen LogP contribution in [0.25, 0.3) is 0 Å². The Kier molecular flexibility index (Phi) is 5.35. The second-order valence-electron chi connectivity index (χ2n) is 9.25. The van der Waals surface area contributed by atoms with Crippen LogP contribution >= 0.6 is 11.6 Å². The molecule has 0 saturated carbocycles. The number of hydrogen-bond donors (Lipinski definition) is 3. The van der Waals surface area contributed by atoms with E-state index in [1.165, 1.54) is 13.0 Å². The molecule has 30 heavy (non-hydrogen) atoms. The normalized spacial score (nSPS) is 16.6. The van der Waals surface area contributed by atoms with E-state index in [1.54, 1.807) is 6.07 Å². The second kappa shape index (κ2) is 7.27. The third kappa shape index (κ3) is 3.65. The number of amides is 2. The van der Waals surface area contributed by atoms with Gasteiger partial charge in [-0.1, -0.05) is 39.3 Å². The third-order valence-corrected chi connectivity index (χ3v) is 6.43. The van der Waals surface area contributed by atoms with E-state index in [0.717, 1.165) is 30.0 Å². The summed E-state index contributed by atoms with van der Waals surface area (Å²) in [6.07, 6.45) is 1.82. The van der Waals surface area contributed by atoms with E-state index in [9.17, 15) is 19.1 Å². The van der Waals surface area contributed by atoms with Crippen LogP contribution in [0.2, 0.25) is 5.02 Å². The van der Waals surface area contributed by atoms with Gasteiger partial charge in [-0.15, -0.1) is 0 Å². The highest BCUT2D eigenvalue weighted by molar-refractivity contribution is 6.34. The maximum Gasteiger partial charge on any atom is 0.259 e. The van der Waals surface area contributed by atoms with Gasteiger partial charge in [-0.3, -0.25) is 9.59 Å².